The second kappa shape index (κ2) is 6.38. The number of allylic oxidation sites excluding steroid dienone is 2. The lowest BCUT2D eigenvalue weighted by molar-refractivity contribution is -0.205. The Hall–Kier alpha value is -0.820. The average Bonchev–Trinajstić information content (AvgIpc) is 2.86. The molecule has 0 bridgehead atoms. The van der Waals surface area contributed by atoms with Crippen LogP contribution in [0.4, 0.5) is 0 Å². The van der Waals surface area contributed by atoms with Crippen LogP contribution in [0.2, 0.25) is 0 Å². The fourth-order valence-corrected chi connectivity index (χ4v) is 2.79. The summed E-state index contributed by atoms with van der Waals surface area (Å²) < 4.78 is 11.8. The number of aliphatic hydroxyl groups excluding tert-OH is 1. The van der Waals surface area contributed by atoms with Crippen LogP contribution in [0.15, 0.2) is 11.6 Å². The molecular weight excluding hydrogens is 228 g/mol. The normalized spacial score (nSPS) is 28.3. The Bertz CT molecular complexity index is 356. The first-order valence-corrected chi connectivity index (χ1v) is 6.79. The Morgan fingerprint density at radius 2 is 2.17 bits per heavy atom. The van der Waals surface area contributed by atoms with Gasteiger partial charge in [0.2, 0.25) is 0 Å². The van der Waals surface area contributed by atoms with Crippen molar-refractivity contribution in [1.82, 2.24) is 0 Å². The minimum absolute atomic E-state index is 0.135. The highest BCUT2D eigenvalue weighted by atomic mass is 16.7. The van der Waals surface area contributed by atoms with Crippen LogP contribution in [0.3, 0.4) is 0 Å². The van der Waals surface area contributed by atoms with Gasteiger partial charge >= 0.3 is 0 Å². The smallest absolute Gasteiger partial charge is 0.172 e. The molecule has 0 unspecified atom stereocenters. The summed E-state index contributed by atoms with van der Waals surface area (Å²) in [4.78, 5) is 0. The van der Waals surface area contributed by atoms with E-state index in [4.69, 9.17) is 14.6 Å². The average molecular weight is 250 g/mol. The van der Waals surface area contributed by atoms with Gasteiger partial charge in [-0.25, -0.2) is 0 Å². The summed E-state index contributed by atoms with van der Waals surface area (Å²) in [6.45, 7) is 3.63. The molecule has 0 amide bonds. The molecule has 0 radical (unpaired) electrons. The fourth-order valence-electron chi connectivity index (χ4n) is 2.79. The largest absolute Gasteiger partial charge is 0.395 e. The van der Waals surface area contributed by atoms with Crippen molar-refractivity contribution in [3.63, 3.8) is 0 Å². The van der Waals surface area contributed by atoms with Crippen LogP contribution < -0.4 is 0 Å². The monoisotopic (exact) mass is 250 g/mol. The van der Waals surface area contributed by atoms with E-state index in [0.717, 1.165) is 25.7 Å². The van der Waals surface area contributed by atoms with E-state index in [0.29, 0.717) is 25.6 Å². The quantitative estimate of drug-likeness (QED) is 0.603. The van der Waals surface area contributed by atoms with E-state index < -0.39 is 0 Å². The Labute approximate surface area is 109 Å². The first-order chi connectivity index (χ1) is 8.80. The minimum Gasteiger partial charge on any atom is -0.395 e. The molecule has 0 aromatic carbocycles. The van der Waals surface area contributed by atoms with Gasteiger partial charge in [0.05, 0.1) is 19.8 Å². The Balaban J connectivity index is 2.03. The molecule has 3 heteroatoms. The topological polar surface area (TPSA) is 38.7 Å². The van der Waals surface area contributed by atoms with Crippen molar-refractivity contribution in [1.29, 1.82) is 0 Å². The maximum Gasteiger partial charge on any atom is 0.172 e. The van der Waals surface area contributed by atoms with Gasteiger partial charge in [-0.2, -0.15) is 0 Å². The molecule has 18 heavy (non-hydrogen) atoms. The standard InChI is InChI=1S/C15H22O3/c1-2-13-7-8-15(17-10-11-18-15)14(12-13)6-4-3-5-9-16/h2,14,16H,5-12H2,1H3/b13-2+/t14-/m1/s1. The van der Waals surface area contributed by atoms with Gasteiger partial charge in [-0.15, -0.1) is 11.8 Å². The zero-order valence-electron chi connectivity index (χ0n) is 11.1. The molecule has 1 saturated heterocycles. The molecule has 1 heterocycles. The minimum atomic E-state index is -0.388. The molecule has 1 spiro atoms. The highest BCUT2D eigenvalue weighted by Crippen LogP contribution is 2.43. The first kappa shape index (κ1) is 13.6. The van der Waals surface area contributed by atoms with E-state index in [1.165, 1.54) is 5.57 Å². The fraction of sp³-hybridized carbons (Fsp3) is 0.733. The van der Waals surface area contributed by atoms with Crippen LogP contribution in [0, 0.1) is 17.8 Å². The van der Waals surface area contributed by atoms with E-state index in [1.807, 2.05) is 0 Å². The van der Waals surface area contributed by atoms with Gasteiger partial charge in [-0.3, -0.25) is 0 Å². The van der Waals surface area contributed by atoms with E-state index in [1.54, 1.807) is 0 Å². The summed E-state index contributed by atoms with van der Waals surface area (Å²) >= 11 is 0. The molecule has 100 valence electrons. The third-order valence-corrected chi connectivity index (χ3v) is 3.82. The van der Waals surface area contributed by atoms with Crippen molar-refractivity contribution in [2.45, 2.75) is 44.8 Å². The number of hydrogen-bond donors (Lipinski definition) is 1. The van der Waals surface area contributed by atoms with E-state index in [9.17, 15) is 0 Å². The Morgan fingerprint density at radius 3 is 2.83 bits per heavy atom. The number of aliphatic hydroxyl groups is 1. The summed E-state index contributed by atoms with van der Waals surface area (Å²) in [5.41, 5.74) is 1.48. The second-order valence-corrected chi connectivity index (χ2v) is 4.89. The molecular formula is C15H22O3. The molecule has 0 aromatic rings. The van der Waals surface area contributed by atoms with Crippen LogP contribution in [-0.2, 0) is 9.47 Å². The van der Waals surface area contributed by atoms with Crippen molar-refractivity contribution in [3.05, 3.63) is 11.6 Å². The predicted octanol–water partition coefficient (Wildman–Crippen LogP) is 2.25. The third kappa shape index (κ3) is 2.95. The van der Waals surface area contributed by atoms with Crippen molar-refractivity contribution in [2.75, 3.05) is 19.8 Å². The molecule has 2 rings (SSSR count). The van der Waals surface area contributed by atoms with E-state index >= 15 is 0 Å². The van der Waals surface area contributed by atoms with Gasteiger partial charge in [0, 0.05) is 25.2 Å². The highest BCUT2D eigenvalue weighted by molar-refractivity contribution is 5.12. The third-order valence-electron chi connectivity index (χ3n) is 3.82. The summed E-state index contributed by atoms with van der Waals surface area (Å²) in [6, 6.07) is 0. The SMILES string of the molecule is C/C=C1\CCC2(OCCO2)[C@H](CC#CCCO)C1. The molecule has 2 aliphatic rings. The maximum absolute atomic E-state index is 8.73. The van der Waals surface area contributed by atoms with Crippen LogP contribution in [-0.4, -0.2) is 30.7 Å². The molecule has 3 nitrogen and oxygen atoms in total. The second-order valence-electron chi connectivity index (χ2n) is 4.89. The van der Waals surface area contributed by atoms with Crippen molar-refractivity contribution in [3.8, 4) is 11.8 Å². The van der Waals surface area contributed by atoms with Gasteiger partial charge < -0.3 is 14.6 Å². The Kier molecular flexibility index (Phi) is 4.82. The number of rotatable bonds is 2. The van der Waals surface area contributed by atoms with Gasteiger partial charge in [-0.1, -0.05) is 11.6 Å². The van der Waals surface area contributed by atoms with Crippen molar-refractivity contribution < 1.29 is 14.6 Å². The molecule has 0 aromatic heterocycles. The summed E-state index contributed by atoms with van der Waals surface area (Å²) in [7, 11) is 0. The van der Waals surface area contributed by atoms with Crippen LogP contribution >= 0.6 is 0 Å². The lowest BCUT2D eigenvalue weighted by Gasteiger charge is -2.39. The molecule has 1 atom stereocenters. The molecule has 1 aliphatic heterocycles. The first-order valence-electron chi connectivity index (χ1n) is 6.79. The van der Waals surface area contributed by atoms with Gasteiger partial charge in [0.1, 0.15) is 0 Å². The van der Waals surface area contributed by atoms with Crippen LogP contribution in [0.25, 0.3) is 0 Å². The predicted molar refractivity (Wildman–Crippen MR) is 69.8 cm³/mol. The summed E-state index contributed by atoms with van der Waals surface area (Å²) in [5, 5.41) is 8.73. The van der Waals surface area contributed by atoms with Gasteiger partial charge in [-0.05, 0) is 19.8 Å². The summed E-state index contributed by atoms with van der Waals surface area (Å²) in [6.07, 6.45) is 6.58. The number of ether oxygens (including phenoxy) is 2. The molecule has 1 N–H and O–H groups in total. The maximum atomic E-state index is 8.73. The van der Waals surface area contributed by atoms with Gasteiger partial charge in [0.25, 0.3) is 0 Å². The zero-order valence-corrected chi connectivity index (χ0v) is 11.1. The highest BCUT2D eigenvalue weighted by Gasteiger charge is 2.46. The Morgan fingerprint density at radius 1 is 1.39 bits per heavy atom. The molecule has 1 saturated carbocycles. The van der Waals surface area contributed by atoms with Gasteiger partial charge in [0.15, 0.2) is 5.79 Å². The molecule has 2 fully saturated rings. The number of hydrogen-bond acceptors (Lipinski definition) is 3. The van der Waals surface area contributed by atoms with E-state index in [-0.39, 0.29) is 12.4 Å². The van der Waals surface area contributed by atoms with Crippen LogP contribution in [0.5, 0.6) is 0 Å². The van der Waals surface area contributed by atoms with Crippen molar-refractivity contribution in [2.24, 2.45) is 5.92 Å². The zero-order chi connectivity index (χ0) is 12.8. The van der Waals surface area contributed by atoms with E-state index in [2.05, 4.69) is 24.8 Å². The lowest BCUT2D eigenvalue weighted by Crippen LogP contribution is -2.42. The lowest BCUT2D eigenvalue weighted by atomic mass is 9.78. The van der Waals surface area contributed by atoms with Crippen molar-refractivity contribution >= 4 is 0 Å². The van der Waals surface area contributed by atoms with Crippen LogP contribution in [0.1, 0.15) is 39.0 Å². The molecule has 1 aliphatic carbocycles. The summed E-state index contributed by atoms with van der Waals surface area (Å²) in [5.74, 6) is 6.08.